The van der Waals surface area contributed by atoms with E-state index >= 15 is 0 Å². The molecule has 1 heterocycles. The Bertz CT molecular complexity index is 3210. The van der Waals surface area contributed by atoms with Crippen molar-refractivity contribution in [2.75, 3.05) is 4.90 Å². The largest absolute Gasteiger partial charge is 0.456 e. The standard InChI is InChI=1S/C52H33NO/c1-2-14-39(15-3-1)53(40-27-24-35(25-28-40)37-23-22-34-12-4-5-13-36(34)32-37)48-20-10-8-16-41(48)38-26-29-43-42-17-6-7-18-44(42)51-45(47(43)33-38)30-31-50-52(51)46-19-9-11-21-49(46)54-50/h1-33H. The maximum atomic E-state index is 6.38. The zero-order valence-electron chi connectivity index (χ0n) is 29.4. The van der Waals surface area contributed by atoms with Crippen LogP contribution in [0, 0.1) is 0 Å². The van der Waals surface area contributed by atoms with Crippen LogP contribution >= 0.6 is 0 Å². The van der Waals surface area contributed by atoms with E-state index in [1.54, 1.807) is 0 Å². The SMILES string of the molecule is c1ccc(N(c2ccc(-c3ccc4ccccc4c3)cc2)c2ccccc2-c2ccc3c4ccccc4c4c(ccc5oc6ccccc6c54)c3c2)cc1. The van der Waals surface area contributed by atoms with E-state index in [0.717, 1.165) is 39.2 Å². The van der Waals surface area contributed by atoms with Crippen LogP contribution in [-0.2, 0) is 0 Å². The predicted octanol–water partition coefficient (Wildman–Crippen LogP) is 15.0. The number of furan rings is 1. The van der Waals surface area contributed by atoms with Crippen LogP contribution in [0.15, 0.2) is 205 Å². The van der Waals surface area contributed by atoms with Gasteiger partial charge in [0.25, 0.3) is 0 Å². The third-order valence-electron chi connectivity index (χ3n) is 11.0. The molecule has 11 aromatic rings. The Balaban J connectivity index is 1.10. The molecule has 0 unspecified atom stereocenters. The van der Waals surface area contributed by atoms with E-state index in [1.807, 2.05) is 6.07 Å². The number of nitrogens with zero attached hydrogens (tertiary/aromatic N) is 1. The minimum atomic E-state index is 0.915. The van der Waals surface area contributed by atoms with Gasteiger partial charge in [0.2, 0.25) is 0 Å². The molecular formula is C52H33NO. The van der Waals surface area contributed by atoms with Crippen molar-refractivity contribution < 1.29 is 4.42 Å². The molecule has 0 spiro atoms. The van der Waals surface area contributed by atoms with Gasteiger partial charge in [-0.05, 0) is 115 Å². The van der Waals surface area contributed by atoms with Gasteiger partial charge in [-0.1, -0.05) is 140 Å². The lowest BCUT2D eigenvalue weighted by Gasteiger charge is -2.28. The molecule has 10 aromatic carbocycles. The molecule has 2 nitrogen and oxygen atoms in total. The van der Waals surface area contributed by atoms with Gasteiger partial charge in [0, 0.05) is 33.1 Å². The van der Waals surface area contributed by atoms with Gasteiger partial charge in [0.15, 0.2) is 0 Å². The highest BCUT2D eigenvalue weighted by Crippen LogP contribution is 2.46. The first-order valence-corrected chi connectivity index (χ1v) is 18.5. The number of rotatable bonds is 5. The van der Waals surface area contributed by atoms with Crippen LogP contribution in [0.5, 0.6) is 0 Å². The molecule has 2 heteroatoms. The normalized spacial score (nSPS) is 11.7. The quantitative estimate of drug-likeness (QED) is 0.168. The van der Waals surface area contributed by atoms with E-state index in [-0.39, 0.29) is 0 Å². The lowest BCUT2D eigenvalue weighted by Crippen LogP contribution is -2.11. The van der Waals surface area contributed by atoms with Crippen molar-refractivity contribution in [3.8, 4) is 22.3 Å². The molecule has 0 bridgehead atoms. The molecule has 0 aliphatic heterocycles. The zero-order chi connectivity index (χ0) is 35.6. The summed E-state index contributed by atoms with van der Waals surface area (Å²) in [5.41, 5.74) is 9.90. The first-order valence-electron chi connectivity index (χ1n) is 18.5. The second-order valence-electron chi connectivity index (χ2n) is 14.1. The second kappa shape index (κ2) is 12.2. The highest BCUT2D eigenvalue weighted by molar-refractivity contribution is 6.34. The average Bonchev–Trinajstić information content (AvgIpc) is 3.63. The van der Waals surface area contributed by atoms with Crippen LogP contribution in [0.25, 0.3) is 87.3 Å². The molecule has 0 aliphatic rings. The van der Waals surface area contributed by atoms with E-state index in [1.165, 1.54) is 65.2 Å². The number of hydrogen-bond acceptors (Lipinski definition) is 2. The van der Waals surface area contributed by atoms with Crippen molar-refractivity contribution in [3.05, 3.63) is 200 Å². The molecule has 0 saturated heterocycles. The minimum Gasteiger partial charge on any atom is -0.456 e. The summed E-state index contributed by atoms with van der Waals surface area (Å²) >= 11 is 0. The molecule has 0 saturated carbocycles. The van der Waals surface area contributed by atoms with Gasteiger partial charge < -0.3 is 9.32 Å². The van der Waals surface area contributed by atoms with Crippen molar-refractivity contribution >= 4 is 82.1 Å². The minimum absolute atomic E-state index is 0.915. The molecular weight excluding hydrogens is 655 g/mol. The molecule has 0 fully saturated rings. The molecule has 0 radical (unpaired) electrons. The lowest BCUT2D eigenvalue weighted by molar-refractivity contribution is 0.669. The smallest absolute Gasteiger partial charge is 0.136 e. The fraction of sp³-hybridized carbons (Fsp3) is 0. The van der Waals surface area contributed by atoms with Gasteiger partial charge in [0.1, 0.15) is 11.2 Å². The first kappa shape index (κ1) is 30.5. The highest BCUT2D eigenvalue weighted by atomic mass is 16.3. The van der Waals surface area contributed by atoms with Crippen molar-refractivity contribution in [1.82, 2.24) is 0 Å². The number of para-hydroxylation sites is 3. The van der Waals surface area contributed by atoms with Gasteiger partial charge in [-0.15, -0.1) is 0 Å². The molecule has 0 aliphatic carbocycles. The summed E-state index contributed by atoms with van der Waals surface area (Å²) in [7, 11) is 0. The maximum Gasteiger partial charge on any atom is 0.136 e. The molecule has 252 valence electrons. The summed E-state index contributed by atoms with van der Waals surface area (Å²) < 4.78 is 6.38. The van der Waals surface area contributed by atoms with Gasteiger partial charge in [-0.2, -0.15) is 0 Å². The Kier molecular flexibility index (Phi) is 6.90. The van der Waals surface area contributed by atoms with Crippen molar-refractivity contribution in [1.29, 1.82) is 0 Å². The number of benzene rings is 10. The van der Waals surface area contributed by atoms with Crippen LogP contribution in [0.4, 0.5) is 17.1 Å². The third-order valence-corrected chi connectivity index (χ3v) is 11.0. The number of anilines is 3. The Labute approximate surface area is 312 Å². The summed E-state index contributed by atoms with van der Waals surface area (Å²) in [6, 6.07) is 72.3. The average molecular weight is 688 g/mol. The monoisotopic (exact) mass is 687 g/mol. The van der Waals surface area contributed by atoms with Crippen molar-refractivity contribution in [3.63, 3.8) is 0 Å². The van der Waals surface area contributed by atoms with Crippen LogP contribution in [0.2, 0.25) is 0 Å². The zero-order valence-corrected chi connectivity index (χ0v) is 29.4. The first-order chi connectivity index (χ1) is 26.8. The van der Waals surface area contributed by atoms with Gasteiger partial charge in [-0.25, -0.2) is 0 Å². The summed E-state index contributed by atoms with van der Waals surface area (Å²) in [5.74, 6) is 0. The highest BCUT2D eigenvalue weighted by Gasteiger charge is 2.20. The Morgan fingerprint density at radius 3 is 1.80 bits per heavy atom. The molecule has 54 heavy (non-hydrogen) atoms. The number of fused-ring (bicyclic) bond motifs is 11. The molecule has 11 rings (SSSR count). The molecule has 0 amide bonds. The Hall–Kier alpha value is -7.16. The third kappa shape index (κ3) is 4.81. The summed E-state index contributed by atoms with van der Waals surface area (Å²) in [6.07, 6.45) is 0. The van der Waals surface area contributed by atoms with E-state index in [9.17, 15) is 0 Å². The van der Waals surface area contributed by atoms with E-state index in [4.69, 9.17) is 4.42 Å². The van der Waals surface area contributed by atoms with Gasteiger partial charge in [0.05, 0.1) is 5.69 Å². The number of hydrogen-bond donors (Lipinski definition) is 0. The summed E-state index contributed by atoms with van der Waals surface area (Å²) in [6.45, 7) is 0. The van der Waals surface area contributed by atoms with E-state index < -0.39 is 0 Å². The molecule has 0 atom stereocenters. The fourth-order valence-electron chi connectivity index (χ4n) is 8.52. The van der Waals surface area contributed by atoms with Gasteiger partial charge in [-0.3, -0.25) is 0 Å². The van der Waals surface area contributed by atoms with Crippen molar-refractivity contribution in [2.24, 2.45) is 0 Å². The summed E-state index contributed by atoms with van der Waals surface area (Å²) in [5, 5.41) is 12.3. The van der Waals surface area contributed by atoms with Gasteiger partial charge >= 0.3 is 0 Å². The fourth-order valence-corrected chi connectivity index (χ4v) is 8.52. The second-order valence-corrected chi connectivity index (χ2v) is 14.1. The van der Waals surface area contributed by atoms with E-state index in [2.05, 4.69) is 199 Å². The van der Waals surface area contributed by atoms with Crippen LogP contribution < -0.4 is 4.90 Å². The van der Waals surface area contributed by atoms with Crippen LogP contribution in [0.1, 0.15) is 0 Å². The van der Waals surface area contributed by atoms with Crippen LogP contribution in [-0.4, -0.2) is 0 Å². The van der Waals surface area contributed by atoms with E-state index in [0.29, 0.717) is 0 Å². The Morgan fingerprint density at radius 1 is 0.315 bits per heavy atom. The molecule has 0 N–H and O–H groups in total. The predicted molar refractivity (Wildman–Crippen MR) is 229 cm³/mol. The molecule has 1 aromatic heterocycles. The summed E-state index contributed by atoms with van der Waals surface area (Å²) in [4.78, 5) is 2.38. The lowest BCUT2D eigenvalue weighted by atomic mass is 9.90. The van der Waals surface area contributed by atoms with Crippen LogP contribution in [0.3, 0.4) is 0 Å². The maximum absolute atomic E-state index is 6.38. The topological polar surface area (TPSA) is 16.4 Å². The van der Waals surface area contributed by atoms with Crippen molar-refractivity contribution in [2.45, 2.75) is 0 Å². The Morgan fingerprint density at radius 2 is 0.926 bits per heavy atom.